The molecule has 0 saturated heterocycles. The van der Waals surface area contributed by atoms with Gasteiger partial charge in [0.15, 0.2) is 10.8 Å². The topological polar surface area (TPSA) is 114 Å². The van der Waals surface area contributed by atoms with Gasteiger partial charge in [-0.05, 0) is 26.0 Å². The summed E-state index contributed by atoms with van der Waals surface area (Å²) >= 11 is 1.06. The lowest BCUT2D eigenvalue weighted by Crippen LogP contribution is -2.35. The molecule has 0 fully saturated rings. The maximum Gasteiger partial charge on any atom is 0.434 e. The van der Waals surface area contributed by atoms with Crippen LogP contribution in [0.3, 0.4) is 0 Å². The van der Waals surface area contributed by atoms with Gasteiger partial charge in [-0.1, -0.05) is 12.1 Å². The van der Waals surface area contributed by atoms with Crippen LogP contribution in [0.15, 0.2) is 42.0 Å². The first kappa shape index (κ1) is 23.6. The van der Waals surface area contributed by atoms with Gasteiger partial charge in [-0.25, -0.2) is 18.4 Å². The van der Waals surface area contributed by atoms with Gasteiger partial charge in [-0.15, -0.1) is 11.3 Å². The zero-order valence-electron chi connectivity index (χ0n) is 17.1. The van der Waals surface area contributed by atoms with E-state index in [1.54, 1.807) is 19.2 Å². The number of hydrogen-bond acceptors (Lipinski definition) is 7. The second-order valence-electron chi connectivity index (χ2n) is 7.36. The molecule has 32 heavy (non-hydrogen) atoms. The Labute approximate surface area is 186 Å². The predicted molar refractivity (Wildman–Crippen MR) is 115 cm³/mol. The SMILES string of the molecule is CC(C)(C(=O)Nc1ccc(-c2cncc(C(F)(F)F)n2)cc1)c1csc(NS(C)(=O)=O)n1. The molecule has 1 amide bonds. The molecule has 8 nitrogen and oxygen atoms in total. The van der Waals surface area contributed by atoms with Gasteiger partial charge in [0, 0.05) is 16.6 Å². The number of sulfonamides is 1. The molecule has 2 N–H and O–H groups in total. The van der Waals surface area contributed by atoms with Crippen molar-refractivity contribution in [3.63, 3.8) is 0 Å². The molecule has 3 aromatic rings. The van der Waals surface area contributed by atoms with Gasteiger partial charge >= 0.3 is 6.18 Å². The number of aromatic nitrogens is 3. The van der Waals surface area contributed by atoms with Gasteiger partial charge in [0.05, 0.1) is 35.5 Å². The summed E-state index contributed by atoms with van der Waals surface area (Å²) in [5.41, 5.74) is -0.942. The molecule has 2 heterocycles. The van der Waals surface area contributed by atoms with Gasteiger partial charge in [-0.2, -0.15) is 13.2 Å². The van der Waals surface area contributed by atoms with Crippen LogP contribution in [0, 0.1) is 0 Å². The monoisotopic (exact) mass is 485 g/mol. The molecule has 2 aromatic heterocycles. The van der Waals surface area contributed by atoms with Crippen LogP contribution in [0.2, 0.25) is 0 Å². The van der Waals surface area contributed by atoms with Crippen LogP contribution in [0.4, 0.5) is 24.0 Å². The molecule has 0 aliphatic carbocycles. The highest BCUT2D eigenvalue weighted by atomic mass is 32.2. The lowest BCUT2D eigenvalue weighted by Gasteiger charge is -2.21. The maximum absolute atomic E-state index is 12.8. The van der Waals surface area contributed by atoms with Crippen molar-refractivity contribution >= 4 is 38.1 Å². The Balaban J connectivity index is 1.74. The molecule has 0 unspecified atom stereocenters. The van der Waals surface area contributed by atoms with E-state index in [9.17, 15) is 26.4 Å². The average Bonchev–Trinajstić information content (AvgIpc) is 3.15. The lowest BCUT2D eigenvalue weighted by atomic mass is 9.89. The Morgan fingerprint density at radius 2 is 1.69 bits per heavy atom. The third kappa shape index (κ3) is 5.59. The van der Waals surface area contributed by atoms with E-state index >= 15 is 0 Å². The summed E-state index contributed by atoms with van der Waals surface area (Å²) in [7, 11) is -3.49. The largest absolute Gasteiger partial charge is 0.434 e. The van der Waals surface area contributed by atoms with Crippen LogP contribution in [0.25, 0.3) is 11.3 Å². The Kier molecular flexibility index (Phi) is 6.24. The number of rotatable bonds is 6. The van der Waals surface area contributed by atoms with Crippen molar-refractivity contribution in [2.75, 3.05) is 16.3 Å². The smallest absolute Gasteiger partial charge is 0.325 e. The fraction of sp³-hybridized carbons (Fsp3) is 0.263. The zero-order chi connectivity index (χ0) is 23.7. The Morgan fingerprint density at radius 1 is 1.03 bits per heavy atom. The highest BCUT2D eigenvalue weighted by molar-refractivity contribution is 7.92. The van der Waals surface area contributed by atoms with Gasteiger partial charge in [0.2, 0.25) is 15.9 Å². The van der Waals surface area contributed by atoms with E-state index in [4.69, 9.17) is 0 Å². The molecule has 1 aromatic carbocycles. The van der Waals surface area contributed by atoms with Crippen molar-refractivity contribution in [3.8, 4) is 11.3 Å². The van der Waals surface area contributed by atoms with Gasteiger partial charge in [0.25, 0.3) is 0 Å². The average molecular weight is 486 g/mol. The minimum absolute atomic E-state index is 0.0476. The molecule has 3 rings (SSSR count). The number of halogens is 3. The van der Waals surface area contributed by atoms with Crippen molar-refractivity contribution in [2.24, 2.45) is 0 Å². The number of anilines is 2. The van der Waals surface area contributed by atoms with Crippen molar-refractivity contribution in [2.45, 2.75) is 25.4 Å². The van der Waals surface area contributed by atoms with Gasteiger partial charge < -0.3 is 5.32 Å². The van der Waals surface area contributed by atoms with E-state index in [0.29, 0.717) is 23.1 Å². The van der Waals surface area contributed by atoms with Crippen LogP contribution in [-0.2, 0) is 26.4 Å². The van der Waals surface area contributed by atoms with E-state index in [0.717, 1.165) is 17.6 Å². The highest BCUT2D eigenvalue weighted by Gasteiger charge is 2.34. The number of hydrogen-bond donors (Lipinski definition) is 2. The second kappa shape index (κ2) is 8.47. The van der Waals surface area contributed by atoms with Crippen LogP contribution >= 0.6 is 11.3 Å². The van der Waals surface area contributed by atoms with Crippen LogP contribution in [-0.4, -0.2) is 35.5 Å². The third-order valence-electron chi connectivity index (χ3n) is 4.35. The Hall–Kier alpha value is -3.06. The lowest BCUT2D eigenvalue weighted by molar-refractivity contribution is -0.141. The third-order valence-corrected chi connectivity index (χ3v) is 5.80. The summed E-state index contributed by atoms with van der Waals surface area (Å²) in [6, 6.07) is 6.10. The van der Waals surface area contributed by atoms with Crippen molar-refractivity contribution in [1.29, 1.82) is 0 Å². The molecule has 0 radical (unpaired) electrons. The molecular formula is C19H18F3N5O3S2. The molecule has 13 heteroatoms. The number of nitrogens with one attached hydrogen (secondary N) is 2. The second-order valence-corrected chi connectivity index (χ2v) is 9.96. The molecule has 0 aliphatic heterocycles. The summed E-state index contributed by atoms with van der Waals surface area (Å²) in [5, 5.41) is 4.46. The predicted octanol–water partition coefficient (Wildman–Crippen LogP) is 3.91. The molecule has 0 spiro atoms. The fourth-order valence-electron chi connectivity index (χ4n) is 2.54. The molecule has 170 valence electrons. The standard InChI is InChI=1S/C19H18F3N5O3S2/c1-18(2,15-10-31-17(26-15)27-32(3,29)30)16(28)24-12-6-4-11(5-7-12)13-8-23-9-14(25-13)19(20,21)22/h4-10H,1-3H3,(H,24,28)(H,26,27). The van der Waals surface area contributed by atoms with E-state index in [1.165, 1.54) is 30.5 Å². The van der Waals surface area contributed by atoms with E-state index < -0.39 is 33.2 Å². The summed E-state index contributed by atoms with van der Waals surface area (Å²) < 4.78 is 63.5. The van der Waals surface area contributed by atoms with Crippen molar-refractivity contribution < 1.29 is 26.4 Å². The summed E-state index contributed by atoms with van der Waals surface area (Å²) in [6.45, 7) is 3.27. The Morgan fingerprint density at radius 3 is 2.28 bits per heavy atom. The van der Waals surface area contributed by atoms with Gasteiger partial charge in [-0.3, -0.25) is 14.5 Å². The number of carbonyl (C=O) groups excluding carboxylic acids is 1. The van der Waals surface area contributed by atoms with E-state index in [-0.39, 0.29) is 10.8 Å². The number of nitrogens with zero attached hydrogens (tertiary/aromatic N) is 3. The first-order chi connectivity index (χ1) is 14.8. The molecule has 0 saturated carbocycles. The highest BCUT2D eigenvalue weighted by Crippen LogP contribution is 2.30. The van der Waals surface area contributed by atoms with Crippen molar-refractivity contribution in [3.05, 3.63) is 53.4 Å². The minimum atomic E-state index is -4.60. The molecule has 0 bridgehead atoms. The van der Waals surface area contributed by atoms with Crippen LogP contribution in [0.1, 0.15) is 25.2 Å². The number of thiazole rings is 1. The Bertz CT molecular complexity index is 1240. The number of amides is 1. The molecule has 0 atom stereocenters. The quantitative estimate of drug-likeness (QED) is 0.547. The van der Waals surface area contributed by atoms with Crippen LogP contribution < -0.4 is 10.0 Å². The fourth-order valence-corrected chi connectivity index (χ4v) is 4.27. The first-order valence-electron chi connectivity index (χ1n) is 9.00. The zero-order valence-corrected chi connectivity index (χ0v) is 18.7. The van der Waals surface area contributed by atoms with Crippen LogP contribution in [0.5, 0.6) is 0 Å². The summed E-state index contributed by atoms with van der Waals surface area (Å²) in [4.78, 5) is 24.1. The number of benzene rings is 1. The number of carbonyl (C=O) groups is 1. The van der Waals surface area contributed by atoms with Gasteiger partial charge in [0.1, 0.15) is 0 Å². The number of alkyl halides is 3. The minimum Gasteiger partial charge on any atom is -0.325 e. The van der Waals surface area contributed by atoms with E-state index in [2.05, 4.69) is 25.0 Å². The summed E-state index contributed by atoms with van der Waals surface area (Å²) in [6.07, 6.45) is -1.73. The summed E-state index contributed by atoms with van der Waals surface area (Å²) in [5.74, 6) is -0.402. The normalized spacial score (nSPS) is 12.4. The molecule has 0 aliphatic rings. The van der Waals surface area contributed by atoms with E-state index in [1.807, 2.05) is 0 Å². The van der Waals surface area contributed by atoms with Crippen molar-refractivity contribution in [1.82, 2.24) is 15.0 Å². The maximum atomic E-state index is 12.8. The molecular weight excluding hydrogens is 467 g/mol. The first-order valence-corrected chi connectivity index (χ1v) is 11.8.